The van der Waals surface area contributed by atoms with Crippen LogP contribution < -0.4 is 0 Å². The molecule has 0 amide bonds. The van der Waals surface area contributed by atoms with Gasteiger partial charge in [0.15, 0.2) is 0 Å². The van der Waals surface area contributed by atoms with Gasteiger partial charge in [0.25, 0.3) is 0 Å². The molecule has 0 fully saturated rings. The Hall–Kier alpha value is -1.06. The maximum atomic E-state index is 11.1. The summed E-state index contributed by atoms with van der Waals surface area (Å²) in [5.74, 6) is -1.33. The standard InChI is InChI=1S/C10H18O4/c1-3-4-5-14-10(13)7-8(2)6-9(11)12/h8H,3-7H2,1-2H3,(H,11,12)/t8-/m0/s1. The summed E-state index contributed by atoms with van der Waals surface area (Å²) < 4.78 is 4.90. The lowest BCUT2D eigenvalue weighted by Crippen LogP contribution is -2.13. The normalized spacial score (nSPS) is 12.1. The molecule has 0 aromatic rings. The molecule has 1 atom stereocenters. The van der Waals surface area contributed by atoms with E-state index in [9.17, 15) is 9.59 Å². The zero-order chi connectivity index (χ0) is 11.0. The van der Waals surface area contributed by atoms with Crippen molar-refractivity contribution in [1.29, 1.82) is 0 Å². The number of ether oxygens (including phenoxy) is 1. The van der Waals surface area contributed by atoms with Crippen molar-refractivity contribution < 1.29 is 19.4 Å². The average molecular weight is 202 g/mol. The van der Waals surface area contributed by atoms with Crippen molar-refractivity contribution in [2.45, 2.75) is 39.5 Å². The molecule has 0 saturated heterocycles. The molecule has 82 valence electrons. The van der Waals surface area contributed by atoms with Crippen LogP contribution in [0.5, 0.6) is 0 Å². The molecule has 0 rings (SSSR count). The van der Waals surface area contributed by atoms with E-state index in [1.807, 2.05) is 6.92 Å². The second-order valence-electron chi connectivity index (χ2n) is 3.48. The minimum Gasteiger partial charge on any atom is -0.481 e. The van der Waals surface area contributed by atoms with Gasteiger partial charge in [-0.25, -0.2) is 0 Å². The summed E-state index contributed by atoms with van der Waals surface area (Å²) in [6, 6.07) is 0. The van der Waals surface area contributed by atoms with Gasteiger partial charge < -0.3 is 9.84 Å². The van der Waals surface area contributed by atoms with Crippen LogP contribution in [-0.4, -0.2) is 23.7 Å². The molecule has 0 radical (unpaired) electrons. The Balaban J connectivity index is 3.55. The summed E-state index contributed by atoms with van der Waals surface area (Å²) in [5, 5.41) is 8.46. The van der Waals surface area contributed by atoms with Gasteiger partial charge in [0, 0.05) is 12.8 Å². The van der Waals surface area contributed by atoms with Gasteiger partial charge in [-0.1, -0.05) is 20.3 Å². The summed E-state index contributed by atoms with van der Waals surface area (Å²) in [6.07, 6.45) is 2.05. The van der Waals surface area contributed by atoms with Crippen LogP contribution in [0.25, 0.3) is 0 Å². The summed E-state index contributed by atoms with van der Waals surface area (Å²) in [7, 11) is 0. The highest BCUT2D eigenvalue weighted by molar-refractivity contribution is 5.72. The monoisotopic (exact) mass is 202 g/mol. The van der Waals surface area contributed by atoms with Crippen molar-refractivity contribution in [1.82, 2.24) is 0 Å². The van der Waals surface area contributed by atoms with Crippen molar-refractivity contribution in [2.75, 3.05) is 6.61 Å². The first kappa shape index (κ1) is 12.9. The fourth-order valence-electron chi connectivity index (χ4n) is 1.04. The molecule has 0 aliphatic rings. The van der Waals surface area contributed by atoms with E-state index in [0.29, 0.717) is 6.61 Å². The smallest absolute Gasteiger partial charge is 0.306 e. The maximum absolute atomic E-state index is 11.1. The first-order valence-corrected chi connectivity index (χ1v) is 4.93. The van der Waals surface area contributed by atoms with Gasteiger partial charge in [0.2, 0.25) is 0 Å². The molecule has 0 aromatic heterocycles. The summed E-state index contributed by atoms with van der Waals surface area (Å²) >= 11 is 0. The number of carbonyl (C=O) groups excluding carboxylic acids is 1. The third-order valence-electron chi connectivity index (χ3n) is 1.80. The van der Waals surface area contributed by atoms with Gasteiger partial charge in [0.1, 0.15) is 0 Å². The maximum Gasteiger partial charge on any atom is 0.306 e. The van der Waals surface area contributed by atoms with Crippen LogP contribution in [0.15, 0.2) is 0 Å². The fraction of sp³-hybridized carbons (Fsp3) is 0.800. The van der Waals surface area contributed by atoms with E-state index in [-0.39, 0.29) is 24.7 Å². The Bertz CT molecular complexity index is 189. The average Bonchev–Trinajstić information content (AvgIpc) is 2.02. The number of esters is 1. The second kappa shape index (κ2) is 7.35. The lowest BCUT2D eigenvalue weighted by Gasteiger charge is -2.08. The quantitative estimate of drug-likeness (QED) is 0.505. The first-order chi connectivity index (χ1) is 6.56. The lowest BCUT2D eigenvalue weighted by molar-refractivity contribution is -0.145. The Labute approximate surface area is 84.3 Å². The number of carboxylic acids is 1. The molecule has 0 unspecified atom stereocenters. The van der Waals surface area contributed by atoms with E-state index in [4.69, 9.17) is 9.84 Å². The van der Waals surface area contributed by atoms with E-state index >= 15 is 0 Å². The second-order valence-corrected chi connectivity index (χ2v) is 3.48. The SMILES string of the molecule is CCCCOC(=O)C[C@@H](C)CC(=O)O. The van der Waals surface area contributed by atoms with Crippen LogP contribution in [-0.2, 0) is 14.3 Å². The molecule has 0 aliphatic carbocycles. The summed E-state index contributed by atoms with van der Waals surface area (Å²) in [4.78, 5) is 21.4. The summed E-state index contributed by atoms with van der Waals surface area (Å²) in [6.45, 7) is 4.19. The molecule has 0 saturated carbocycles. The van der Waals surface area contributed by atoms with E-state index in [0.717, 1.165) is 12.8 Å². The minimum atomic E-state index is -0.876. The first-order valence-electron chi connectivity index (χ1n) is 4.93. The van der Waals surface area contributed by atoms with Gasteiger partial charge in [-0.2, -0.15) is 0 Å². The van der Waals surface area contributed by atoms with Gasteiger partial charge >= 0.3 is 11.9 Å². The molecule has 0 bridgehead atoms. The fourth-order valence-corrected chi connectivity index (χ4v) is 1.04. The number of carbonyl (C=O) groups is 2. The predicted octanol–water partition coefficient (Wildman–Crippen LogP) is 1.83. The highest BCUT2D eigenvalue weighted by Crippen LogP contribution is 2.08. The number of carboxylic acid groups (broad SMARTS) is 1. The van der Waals surface area contributed by atoms with E-state index < -0.39 is 5.97 Å². The molecule has 0 aromatic carbocycles. The molecule has 1 N–H and O–H groups in total. The van der Waals surface area contributed by atoms with E-state index in [2.05, 4.69) is 0 Å². The zero-order valence-electron chi connectivity index (χ0n) is 8.78. The highest BCUT2D eigenvalue weighted by atomic mass is 16.5. The van der Waals surface area contributed by atoms with Crippen molar-refractivity contribution in [2.24, 2.45) is 5.92 Å². The number of hydrogen-bond acceptors (Lipinski definition) is 3. The number of unbranched alkanes of at least 4 members (excludes halogenated alkanes) is 1. The third kappa shape index (κ3) is 7.58. The Morgan fingerprint density at radius 3 is 2.50 bits per heavy atom. The van der Waals surface area contributed by atoms with Crippen molar-refractivity contribution in [3.05, 3.63) is 0 Å². The molecular weight excluding hydrogens is 184 g/mol. The molecule has 4 heteroatoms. The van der Waals surface area contributed by atoms with Gasteiger partial charge in [0.05, 0.1) is 6.61 Å². The van der Waals surface area contributed by atoms with Crippen LogP contribution in [0.4, 0.5) is 0 Å². The van der Waals surface area contributed by atoms with E-state index in [1.54, 1.807) is 6.92 Å². The molecule has 4 nitrogen and oxygen atoms in total. The Morgan fingerprint density at radius 2 is 2.00 bits per heavy atom. The zero-order valence-corrected chi connectivity index (χ0v) is 8.78. The number of aliphatic carboxylic acids is 1. The van der Waals surface area contributed by atoms with E-state index in [1.165, 1.54) is 0 Å². The number of hydrogen-bond donors (Lipinski definition) is 1. The van der Waals surface area contributed by atoms with Crippen molar-refractivity contribution in [3.8, 4) is 0 Å². The molecular formula is C10H18O4. The third-order valence-corrected chi connectivity index (χ3v) is 1.80. The van der Waals surface area contributed by atoms with Crippen LogP contribution in [0, 0.1) is 5.92 Å². The lowest BCUT2D eigenvalue weighted by atomic mass is 10.0. The molecule has 14 heavy (non-hydrogen) atoms. The topological polar surface area (TPSA) is 63.6 Å². The Morgan fingerprint density at radius 1 is 1.36 bits per heavy atom. The van der Waals surface area contributed by atoms with Crippen molar-refractivity contribution in [3.63, 3.8) is 0 Å². The highest BCUT2D eigenvalue weighted by Gasteiger charge is 2.13. The number of rotatable bonds is 7. The van der Waals surface area contributed by atoms with Crippen LogP contribution in [0.1, 0.15) is 39.5 Å². The van der Waals surface area contributed by atoms with Crippen LogP contribution >= 0.6 is 0 Å². The molecule has 0 heterocycles. The minimum absolute atomic E-state index is 0.0167. The van der Waals surface area contributed by atoms with Gasteiger partial charge in [-0.05, 0) is 12.3 Å². The molecule has 0 aliphatic heterocycles. The van der Waals surface area contributed by atoms with Gasteiger partial charge in [-0.3, -0.25) is 9.59 Å². The predicted molar refractivity (Wildman–Crippen MR) is 51.9 cm³/mol. The Kier molecular flexibility index (Phi) is 6.80. The summed E-state index contributed by atoms with van der Waals surface area (Å²) in [5.41, 5.74) is 0. The largest absolute Gasteiger partial charge is 0.481 e. The van der Waals surface area contributed by atoms with Crippen LogP contribution in [0.2, 0.25) is 0 Å². The van der Waals surface area contributed by atoms with Crippen molar-refractivity contribution >= 4 is 11.9 Å². The van der Waals surface area contributed by atoms with Crippen LogP contribution in [0.3, 0.4) is 0 Å². The molecule has 0 spiro atoms. The van der Waals surface area contributed by atoms with Gasteiger partial charge in [-0.15, -0.1) is 0 Å².